The van der Waals surface area contributed by atoms with Crippen molar-refractivity contribution in [1.29, 1.82) is 0 Å². The second-order valence-electron chi connectivity index (χ2n) is 3.43. The third kappa shape index (κ3) is 4.88. The van der Waals surface area contributed by atoms with Gasteiger partial charge in [0.25, 0.3) is 0 Å². The van der Waals surface area contributed by atoms with Gasteiger partial charge in [0.15, 0.2) is 0 Å². The molecule has 0 aromatic carbocycles. The molecule has 0 radical (unpaired) electrons. The van der Waals surface area contributed by atoms with Crippen molar-refractivity contribution in [2.24, 2.45) is 0 Å². The Kier molecular flexibility index (Phi) is 4.53. The molecule has 0 aliphatic carbocycles. The van der Waals surface area contributed by atoms with Crippen molar-refractivity contribution in [1.82, 2.24) is 9.97 Å². The Morgan fingerprint density at radius 1 is 1.41 bits per heavy atom. The van der Waals surface area contributed by atoms with Gasteiger partial charge in [0.05, 0.1) is 13.0 Å². The van der Waals surface area contributed by atoms with Crippen LogP contribution < -0.4 is 10.1 Å². The monoisotopic (exact) mass is 249 g/mol. The maximum atomic E-state index is 11.9. The zero-order valence-electron chi connectivity index (χ0n) is 9.64. The maximum Gasteiger partial charge on any atom is 0.392 e. The molecule has 17 heavy (non-hydrogen) atoms. The molecular weight excluding hydrogens is 235 g/mol. The van der Waals surface area contributed by atoms with Crippen LogP contribution in [0.1, 0.15) is 18.9 Å². The van der Waals surface area contributed by atoms with E-state index in [2.05, 4.69) is 15.3 Å². The molecule has 1 aromatic rings. The Morgan fingerprint density at radius 3 is 2.71 bits per heavy atom. The molecule has 1 rings (SSSR count). The number of nitrogens with zero attached hydrogens (tertiary/aromatic N) is 2. The Balaban J connectivity index is 2.60. The predicted molar refractivity (Wildman–Crippen MR) is 57.1 cm³/mol. The van der Waals surface area contributed by atoms with Gasteiger partial charge in [-0.15, -0.1) is 0 Å². The van der Waals surface area contributed by atoms with Crippen LogP contribution in [0.15, 0.2) is 6.20 Å². The van der Waals surface area contributed by atoms with E-state index < -0.39 is 19.2 Å². The number of anilines is 1. The van der Waals surface area contributed by atoms with Crippen LogP contribution in [0.2, 0.25) is 0 Å². The lowest BCUT2D eigenvalue weighted by atomic mass is 10.4. The number of rotatable bonds is 5. The first kappa shape index (κ1) is 13.5. The van der Waals surface area contributed by atoms with Crippen LogP contribution >= 0.6 is 0 Å². The minimum atomic E-state index is -4.22. The molecule has 0 aliphatic heterocycles. The third-order valence-corrected chi connectivity index (χ3v) is 1.88. The summed E-state index contributed by atoms with van der Waals surface area (Å²) in [6.45, 7) is 3.74. The summed E-state index contributed by atoms with van der Waals surface area (Å²) in [6.07, 6.45) is -3.70. The van der Waals surface area contributed by atoms with Crippen LogP contribution in [-0.2, 0) is 0 Å². The summed E-state index contributed by atoms with van der Waals surface area (Å²) < 4.78 is 40.8. The van der Waals surface area contributed by atoms with E-state index in [1.54, 1.807) is 6.92 Å². The van der Waals surface area contributed by atoms with Crippen LogP contribution in [0.4, 0.5) is 19.1 Å². The summed E-state index contributed by atoms with van der Waals surface area (Å²) in [6, 6.07) is 0. The Morgan fingerprint density at radius 2 is 2.12 bits per heavy atom. The summed E-state index contributed by atoms with van der Waals surface area (Å²) in [4.78, 5) is 7.93. The van der Waals surface area contributed by atoms with Crippen molar-refractivity contribution < 1.29 is 17.9 Å². The summed E-state index contributed by atoms with van der Waals surface area (Å²) in [5, 5.41) is 2.86. The number of alkyl halides is 3. The van der Waals surface area contributed by atoms with Gasteiger partial charge in [0.1, 0.15) is 0 Å². The summed E-state index contributed by atoms with van der Waals surface area (Å²) in [5.41, 5.74) is 0.605. The largest absolute Gasteiger partial charge is 0.477 e. The molecule has 96 valence electrons. The SMILES string of the molecule is CCNc1ncc(C)c(OCCC(F)(F)F)n1. The Labute approximate surface area is 97.2 Å². The van der Waals surface area contributed by atoms with E-state index in [4.69, 9.17) is 4.74 Å². The average Bonchev–Trinajstić information content (AvgIpc) is 2.21. The molecule has 0 saturated heterocycles. The highest BCUT2D eigenvalue weighted by Crippen LogP contribution is 2.21. The lowest BCUT2D eigenvalue weighted by molar-refractivity contribution is -0.139. The van der Waals surface area contributed by atoms with E-state index in [-0.39, 0.29) is 5.88 Å². The fourth-order valence-electron chi connectivity index (χ4n) is 1.08. The zero-order valence-corrected chi connectivity index (χ0v) is 9.64. The number of ether oxygens (including phenoxy) is 1. The average molecular weight is 249 g/mol. The predicted octanol–water partition coefficient (Wildman–Crippen LogP) is 2.55. The van der Waals surface area contributed by atoms with Crippen LogP contribution in [0, 0.1) is 6.92 Å². The van der Waals surface area contributed by atoms with Crippen molar-refractivity contribution in [3.05, 3.63) is 11.8 Å². The fourth-order valence-corrected chi connectivity index (χ4v) is 1.08. The molecule has 1 aromatic heterocycles. The second kappa shape index (κ2) is 5.70. The van der Waals surface area contributed by atoms with E-state index in [0.717, 1.165) is 0 Å². The molecule has 4 nitrogen and oxygen atoms in total. The van der Waals surface area contributed by atoms with E-state index in [0.29, 0.717) is 18.1 Å². The van der Waals surface area contributed by atoms with Gasteiger partial charge in [0, 0.05) is 18.3 Å². The van der Waals surface area contributed by atoms with E-state index >= 15 is 0 Å². The van der Waals surface area contributed by atoms with Gasteiger partial charge in [-0.25, -0.2) is 4.98 Å². The van der Waals surface area contributed by atoms with Gasteiger partial charge in [-0.05, 0) is 13.8 Å². The molecule has 0 saturated carbocycles. The van der Waals surface area contributed by atoms with Crippen LogP contribution in [-0.4, -0.2) is 29.3 Å². The van der Waals surface area contributed by atoms with Gasteiger partial charge in [0.2, 0.25) is 11.8 Å². The van der Waals surface area contributed by atoms with Gasteiger partial charge in [-0.2, -0.15) is 18.2 Å². The molecule has 0 bridgehead atoms. The summed E-state index contributed by atoms with van der Waals surface area (Å²) >= 11 is 0. The van der Waals surface area contributed by atoms with Gasteiger partial charge >= 0.3 is 6.18 Å². The van der Waals surface area contributed by atoms with Crippen molar-refractivity contribution in [3.63, 3.8) is 0 Å². The lowest BCUT2D eigenvalue weighted by Gasteiger charge is -2.10. The smallest absolute Gasteiger partial charge is 0.392 e. The summed E-state index contributed by atoms with van der Waals surface area (Å²) in [7, 11) is 0. The van der Waals surface area contributed by atoms with Gasteiger partial charge in [-0.1, -0.05) is 0 Å². The molecule has 0 spiro atoms. The number of aryl methyl sites for hydroxylation is 1. The van der Waals surface area contributed by atoms with Crippen molar-refractivity contribution >= 4 is 5.95 Å². The highest BCUT2D eigenvalue weighted by atomic mass is 19.4. The molecule has 0 fully saturated rings. The normalized spacial score (nSPS) is 11.4. The van der Waals surface area contributed by atoms with Crippen LogP contribution in [0.5, 0.6) is 5.88 Å². The minimum absolute atomic E-state index is 0.181. The highest BCUT2D eigenvalue weighted by molar-refractivity contribution is 5.32. The van der Waals surface area contributed by atoms with E-state index in [1.165, 1.54) is 6.20 Å². The minimum Gasteiger partial charge on any atom is -0.477 e. The standard InChI is InChI=1S/C10H14F3N3O/c1-3-14-9-15-6-7(2)8(16-9)17-5-4-10(11,12)13/h6H,3-5H2,1-2H3,(H,14,15,16). The number of hydrogen-bond acceptors (Lipinski definition) is 4. The molecule has 0 aliphatic rings. The number of hydrogen-bond donors (Lipinski definition) is 1. The first-order valence-electron chi connectivity index (χ1n) is 5.19. The number of halogens is 3. The highest BCUT2D eigenvalue weighted by Gasteiger charge is 2.27. The third-order valence-electron chi connectivity index (χ3n) is 1.88. The molecule has 1 N–H and O–H groups in total. The molecule has 0 atom stereocenters. The molecular formula is C10H14F3N3O. The molecule has 0 amide bonds. The summed E-state index contributed by atoms with van der Waals surface area (Å²) in [5.74, 6) is 0.528. The quantitative estimate of drug-likeness (QED) is 0.871. The van der Waals surface area contributed by atoms with Crippen LogP contribution in [0.3, 0.4) is 0 Å². The zero-order chi connectivity index (χ0) is 12.9. The second-order valence-corrected chi connectivity index (χ2v) is 3.43. The van der Waals surface area contributed by atoms with Gasteiger partial charge < -0.3 is 10.1 Å². The van der Waals surface area contributed by atoms with Crippen molar-refractivity contribution in [2.75, 3.05) is 18.5 Å². The topological polar surface area (TPSA) is 47.0 Å². The maximum absolute atomic E-state index is 11.9. The van der Waals surface area contributed by atoms with Crippen molar-refractivity contribution in [3.8, 4) is 5.88 Å². The number of nitrogens with one attached hydrogen (secondary N) is 1. The Hall–Kier alpha value is -1.53. The van der Waals surface area contributed by atoms with Gasteiger partial charge in [-0.3, -0.25) is 0 Å². The first-order chi connectivity index (χ1) is 7.92. The van der Waals surface area contributed by atoms with Crippen LogP contribution in [0.25, 0.3) is 0 Å². The lowest BCUT2D eigenvalue weighted by Crippen LogP contribution is -2.14. The van der Waals surface area contributed by atoms with Crippen molar-refractivity contribution in [2.45, 2.75) is 26.4 Å². The molecule has 0 unspecified atom stereocenters. The Bertz CT molecular complexity index is 368. The first-order valence-corrected chi connectivity index (χ1v) is 5.19. The molecule has 1 heterocycles. The fraction of sp³-hybridized carbons (Fsp3) is 0.600. The van der Waals surface area contributed by atoms with E-state index in [1.807, 2.05) is 6.92 Å². The number of aromatic nitrogens is 2. The van der Waals surface area contributed by atoms with E-state index in [9.17, 15) is 13.2 Å². The molecule has 7 heteroatoms.